The number of likely N-dealkylation sites (tertiary alicyclic amines) is 1. The van der Waals surface area contributed by atoms with E-state index in [1.54, 1.807) is 24.5 Å². The molecule has 0 bridgehead atoms. The van der Waals surface area contributed by atoms with Crippen molar-refractivity contribution in [3.63, 3.8) is 0 Å². The second-order valence-corrected chi connectivity index (χ2v) is 13.8. The van der Waals surface area contributed by atoms with Crippen LogP contribution in [0, 0.1) is 0 Å². The fourth-order valence-electron chi connectivity index (χ4n) is 6.45. The smallest absolute Gasteiger partial charge is 0.323 e. The number of esters is 1. The van der Waals surface area contributed by atoms with Crippen molar-refractivity contribution in [2.75, 3.05) is 13.1 Å². The summed E-state index contributed by atoms with van der Waals surface area (Å²) in [6.45, 7) is 7.48. The highest BCUT2D eigenvalue weighted by atomic mass is 16.7. The van der Waals surface area contributed by atoms with Gasteiger partial charge in [-0.3, -0.25) is 19.5 Å². The van der Waals surface area contributed by atoms with Crippen molar-refractivity contribution in [3.8, 4) is 11.1 Å². The summed E-state index contributed by atoms with van der Waals surface area (Å²) in [6.07, 6.45) is 4.53. The summed E-state index contributed by atoms with van der Waals surface area (Å²) in [4.78, 5) is 31.8. The molecule has 1 aromatic heterocycles. The molecule has 0 saturated carbocycles. The monoisotopic (exact) mass is 663 g/mol. The van der Waals surface area contributed by atoms with Crippen LogP contribution in [0.2, 0.25) is 0 Å². The molecule has 0 radical (unpaired) electrons. The number of carbonyl (C=O) groups is 2. The lowest BCUT2D eigenvalue weighted by Gasteiger charge is -2.38. The number of nitrogens with zero attached hydrogens (tertiary/aromatic N) is 2. The quantitative estimate of drug-likeness (QED) is 0.185. The van der Waals surface area contributed by atoms with Crippen molar-refractivity contribution < 1.29 is 28.9 Å². The summed E-state index contributed by atoms with van der Waals surface area (Å²) in [5.74, 6) is -0.346. The number of aromatic nitrogens is 1. The van der Waals surface area contributed by atoms with Crippen LogP contribution in [0.25, 0.3) is 11.1 Å². The third-order valence-corrected chi connectivity index (χ3v) is 8.92. The number of hydrogen-bond donors (Lipinski definition) is 2. The van der Waals surface area contributed by atoms with Gasteiger partial charge in [-0.05, 0) is 86.2 Å². The van der Waals surface area contributed by atoms with E-state index in [9.17, 15) is 14.7 Å². The normalized spacial score (nSPS) is 21.3. The van der Waals surface area contributed by atoms with Gasteiger partial charge in [0.2, 0.25) is 0 Å². The molecule has 0 aliphatic carbocycles. The molecule has 2 N–H and O–H groups in total. The minimum Gasteiger partial charge on any atom is -0.459 e. The Labute approximate surface area is 288 Å². The van der Waals surface area contributed by atoms with Gasteiger partial charge < -0.3 is 24.6 Å². The van der Waals surface area contributed by atoms with Crippen LogP contribution in [-0.4, -0.2) is 57.7 Å². The van der Waals surface area contributed by atoms with Crippen LogP contribution < -0.4 is 5.32 Å². The van der Waals surface area contributed by atoms with Gasteiger partial charge in [0, 0.05) is 37.5 Å². The third-order valence-electron chi connectivity index (χ3n) is 8.92. The van der Waals surface area contributed by atoms with E-state index in [0.717, 1.165) is 52.8 Å². The zero-order valence-electron chi connectivity index (χ0n) is 28.4. The van der Waals surface area contributed by atoms with E-state index in [0.29, 0.717) is 25.1 Å². The largest absolute Gasteiger partial charge is 0.459 e. The molecule has 2 aliphatic rings. The number of pyridine rings is 1. The Bertz CT molecular complexity index is 1700. The van der Waals surface area contributed by atoms with E-state index < -0.39 is 11.9 Å². The first-order valence-corrected chi connectivity index (χ1v) is 17.0. The lowest BCUT2D eigenvalue weighted by Crippen LogP contribution is -2.45. The molecule has 9 nitrogen and oxygen atoms in total. The zero-order chi connectivity index (χ0) is 34.4. The van der Waals surface area contributed by atoms with Gasteiger partial charge >= 0.3 is 5.97 Å². The molecule has 6 rings (SSSR count). The Hall–Kier alpha value is -4.41. The second kappa shape index (κ2) is 15.4. The first kappa shape index (κ1) is 34.5. The number of ether oxygens (including phenoxy) is 3. The van der Waals surface area contributed by atoms with Gasteiger partial charge in [-0.15, -0.1) is 0 Å². The fraction of sp³-hybridized carbons (Fsp3) is 0.375. The van der Waals surface area contributed by atoms with Crippen molar-refractivity contribution in [1.82, 2.24) is 15.2 Å². The minimum absolute atomic E-state index is 0.0174. The van der Waals surface area contributed by atoms with Crippen LogP contribution in [0.5, 0.6) is 0 Å². The minimum atomic E-state index is -0.605. The number of benzene rings is 3. The number of aliphatic hydroxyl groups is 1. The maximum atomic E-state index is 13.1. The van der Waals surface area contributed by atoms with Crippen molar-refractivity contribution in [3.05, 3.63) is 125 Å². The average molecular weight is 664 g/mol. The molecule has 256 valence electrons. The van der Waals surface area contributed by atoms with Gasteiger partial charge in [-0.1, -0.05) is 66.7 Å². The SMILES string of the molecule is CC(C)(C)OC(=O)[C@@H]1CCCN1C[C@@H]1C[C@H](c2ccc(CO)cc2)O[C@H](c2ccc(-c3cccc(CNC(=O)c4cccnc4)c3)cc2)O1. The molecular weight excluding hydrogens is 618 g/mol. The molecule has 2 fully saturated rings. The molecule has 2 aliphatic heterocycles. The topological polar surface area (TPSA) is 110 Å². The molecule has 4 atom stereocenters. The number of rotatable bonds is 10. The highest BCUT2D eigenvalue weighted by Crippen LogP contribution is 2.39. The average Bonchev–Trinajstić information content (AvgIpc) is 3.58. The summed E-state index contributed by atoms with van der Waals surface area (Å²) < 4.78 is 19.0. The van der Waals surface area contributed by atoms with Gasteiger partial charge in [0.15, 0.2) is 6.29 Å². The van der Waals surface area contributed by atoms with Crippen LogP contribution in [0.3, 0.4) is 0 Å². The van der Waals surface area contributed by atoms with Gasteiger partial charge in [0.25, 0.3) is 5.91 Å². The first-order chi connectivity index (χ1) is 23.6. The van der Waals surface area contributed by atoms with Crippen molar-refractivity contribution in [2.24, 2.45) is 0 Å². The van der Waals surface area contributed by atoms with E-state index in [4.69, 9.17) is 14.2 Å². The van der Waals surface area contributed by atoms with Crippen molar-refractivity contribution in [1.29, 1.82) is 0 Å². The van der Waals surface area contributed by atoms with E-state index in [1.165, 1.54) is 0 Å². The maximum Gasteiger partial charge on any atom is 0.323 e. The van der Waals surface area contributed by atoms with E-state index >= 15 is 0 Å². The molecule has 49 heavy (non-hydrogen) atoms. The molecule has 4 aromatic rings. The van der Waals surface area contributed by atoms with Crippen LogP contribution in [0.15, 0.2) is 97.3 Å². The summed E-state index contributed by atoms with van der Waals surface area (Å²) in [5, 5.41) is 12.5. The predicted octanol–water partition coefficient (Wildman–Crippen LogP) is 6.52. The fourth-order valence-corrected chi connectivity index (χ4v) is 6.45. The van der Waals surface area contributed by atoms with E-state index in [2.05, 4.69) is 33.4 Å². The highest BCUT2D eigenvalue weighted by molar-refractivity contribution is 5.93. The molecule has 2 saturated heterocycles. The summed E-state index contributed by atoms with van der Waals surface area (Å²) >= 11 is 0. The third kappa shape index (κ3) is 8.99. The van der Waals surface area contributed by atoms with E-state index in [-0.39, 0.29) is 36.7 Å². The number of hydrogen-bond acceptors (Lipinski definition) is 8. The zero-order valence-corrected chi connectivity index (χ0v) is 28.4. The van der Waals surface area contributed by atoms with Crippen molar-refractivity contribution >= 4 is 11.9 Å². The Morgan fingerprint density at radius 3 is 2.43 bits per heavy atom. The van der Waals surface area contributed by atoms with Crippen LogP contribution in [-0.2, 0) is 32.2 Å². The molecule has 1 amide bonds. The van der Waals surface area contributed by atoms with Gasteiger partial charge in [0.05, 0.1) is 24.4 Å². The molecule has 3 heterocycles. The molecular formula is C40H45N3O6. The Morgan fingerprint density at radius 2 is 1.71 bits per heavy atom. The first-order valence-electron chi connectivity index (χ1n) is 17.0. The Morgan fingerprint density at radius 1 is 0.939 bits per heavy atom. The number of amides is 1. The van der Waals surface area contributed by atoms with E-state index in [1.807, 2.05) is 75.4 Å². The molecule has 3 aromatic carbocycles. The summed E-state index contributed by atoms with van der Waals surface area (Å²) in [7, 11) is 0. The lowest BCUT2D eigenvalue weighted by molar-refractivity contribution is -0.253. The Kier molecular flexibility index (Phi) is 10.8. The van der Waals surface area contributed by atoms with Gasteiger partial charge in [-0.2, -0.15) is 0 Å². The molecule has 9 heteroatoms. The Balaban J connectivity index is 1.17. The number of nitrogens with one attached hydrogen (secondary N) is 1. The number of aliphatic hydroxyl groups excluding tert-OH is 1. The standard InChI is InChI=1S/C40H45N3O6/c1-40(2,3)49-38(46)35-10-6-20-43(35)25-34-22-36(30-13-11-27(26-44)12-14-30)48-39(47-34)31-17-15-29(16-18-31)32-8-4-7-28(21-32)23-42-37(45)33-9-5-19-41-24-33/h4-5,7-9,11-19,21,24,34-36,39,44H,6,10,20,22-23,25-26H2,1-3H3,(H,42,45)/t34-,35-,36+,39+/m0/s1. The van der Waals surface area contributed by atoms with Crippen LogP contribution >= 0.6 is 0 Å². The summed E-state index contributed by atoms with van der Waals surface area (Å²) in [6, 6.07) is 27.3. The van der Waals surface area contributed by atoms with Crippen molar-refractivity contribution in [2.45, 2.75) is 83.3 Å². The lowest BCUT2D eigenvalue weighted by atomic mass is 9.98. The van der Waals surface area contributed by atoms with Crippen LogP contribution in [0.4, 0.5) is 0 Å². The second-order valence-electron chi connectivity index (χ2n) is 13.8. The highest BCUT2D eigenvalue weighted by Gasteiger charge is 2.39. The summed E-state index contributed by atoms with van der Waals surface area (Å²) in [5.41, 5.74) is 5.80. The maximum absolute atomic E-state index is 13.1. The van der Waals surface area contributed by atoms with Gasteiger partial charge in [0.1, 0.15) is 11.6 Å². The molecule has 0 unspecified atom stereocenters. The number of carbonyl (C=O) groups excluding carboxylic acids is 2. The van der Waals surface area contributed by atoms with Gasteiger partial charge in [-0.25, -0.2) is 0 Å². The molecule has 0 spiro atoms. The van der Waals surface area contributed by atoms with Crippen LogP contribution in [0.1, 0.15) is 85.0 Å². The predicted molar refractivity (Wildman–Crippen MR) is 186 cm³/mol.